The van der Waals surface area contributed by atoms with Crippen LogP contribution >= 0.6 is 0 Å². The summed E-state index contributed by atoms with van der Waals surface area (Å²) in [6, 6.07) is 1.77. The molecule has 1 aromatic heterocycles. The number of carbonyl (C=O) groups is 1. The maximum absolute atomic E-state index is 11.5. The number of nitrogens with zero attached hydrogens (tertiary/aromatic N) is 1. The Morgan fingerprint density at radius 2 is 2.17 bits per heavy atom. The van der Waals surface area contributed by atoms with Gasteiger partial charge in [-0.15, -0.1) is 0 Å². The second-order valence-corrected chi connectivity index (χ2v) is 3.62. The summed E-state index contributed by atoms with van der Waals surface area (Å²) in [5, 5.41) is 0. The van der Waals surface area contributed by atoms with Crippen molar-refractivity contribution in [2.75, 3.05) is 0 Å². The van der Waals surface area contributed by atoms with Gasteiger partial charge < -0.3 is 10.3 Å². The van der Waals surface area contributed by atoms with E-state index in [0.717, 1.165) is 0 Å². The Morgan fingerprint density at radius 1 is 1.58 bits per heavy atom. The fraction of sp³-hybridized carbons (Fsp3) is 0.444. The molecule has 0 aliphatic heterocycles. The van der Waals surface area contributed by atoms with Gasteiger partial charge in [-0.3, -0.25) is 4.79 Å². The van der Waals surface area contributed by atoms with Crippen LogP contribution in [0.1, 0.15) is 24.2 Å². The third kappa shape index (κ3) is 1.74. The molecule has 0 amide bonds. The first kappa shape index (κ1) is 9.00. The molecule has 66 valence electrons. The van der Waals surface area contributed by atoms with Gasteiger partial charge in [0.25, 0.3) is 0 Å². The molecular weight excluding hydrogens is 152 g/mol. The Labute approximate surface area is 72.2 Å². The number of aryl methyl sites for hydroxylation is 1. The van der Waals surface area contributed by atoms with Crippen LogP contribution in [0.15, 0.2) is 18.5 Å². The van der Waals surface area contributed by atoms with Gasteiger partial charge in [0.15, 0.2) is 5.78 Å². The predicted octanol–water partition coefficient (Wildman–Crippen LogP) is 0.945. The van der Waals surface area contributed by atoms with Crippen LogP contribution < -0.4 is 5.73 Å². The molecular formula is C9H14N2O. The smallest absolute Gasteiger partial charge is 0.183 e. The van der Waals surface area contributed by atoms with Gasteiger partial charge in [0, 0.05) is 25.0 Å². The van der Waals surface area contributed by atoms with Crippen molar-refractivity contribution < 1.29 is 4.79 Å². The molecule has 0 spiro atoms. The van der Waals surface area contributed by atoms with Gasteiger partial charge >= 0.3 is 0 Å². The number of ketones is 1. The molecule has 0 aliphatic rings. The SMILES string of the molecule is Cn1ccc(C(=O)C(C)(C)N)c1. The van der Waals surface area contributed by atoms with E-state index in [4.69, 9.17) is 5.73 Å². The number of Topliss-reactive ketones (excluding diaryl/α,β-unsaturated/α-hetero) is 1. The Morgan fingerprint density at radius 3 is 2.50 bits per heavy atom. The fourth-order valence-electron chi connectivity index (χ4n) is 1.01. The van der Waals surface area contributed by atoms with E-state index in [1.54, 1.807) is 26.1 Å². The van der Waals surface area contributed by atoms with Gasteiger partial charge in [0.1, 0.15) is 0 Å². The van der Waals surface area contributed by atoms with Crippen LogP contribution in [0.5, 0.6) is 0 Å². The highest BCUT2D eigenvalue weighted by Gasteiger charge is 2.23. The van der Waals surface area contributed by atoms with Gasteiger partial charge in [0.2, 0.25) is 0 Å². The molecule has 0 bridgehead atoms. The highest BCUT2D eigenvalue weighted by atomic mass is 16.1. The first-order valence-electron chi connectivity index (χ1n) is 3.87. The normalized spacial score (nSPS) is 11.7. The van der Waals surface area contributed by atoms with Gasteiger partial charge in [-0.1, -0.05) is 0 Å². The van der Waals surface area contributed by atoms with Crippen molar-refractivity contribution in [2.45, 2.75) is 19.4 Å². The Kier molecular flexibility index (Phi) is 2.06. The van der Waals surface area contributed by atoms with E-state index < -0.39 is 5.54 Å². The van der Waals surface area contributed by atoms with E-state index in [2.05, 4.69) is 0 Å². The largest absolute Gasteiger partial charge is 0.357 e. The summed E-state index contributed by atoms with van der Waals surface area (Å²) < 4.78 is 1.83. The van der Waals surface area contributed by atoms with E-state index in [1.807, 2.05) is 17.8 Å². The van der Waals surface area contributed by atoms with Crippen molar-refractivity contribution in [1.29, 1.82) is 0 Å². The number of carbonyl (C=O) groups excluding carboxylic acids is 1. The minimum Gasteiger partial charge on any atom is -0.357 e. The van der Waals surface area contributed by atoms with Crippen LogP contribution in [0.3, 0.4) is 0 Å². The van der Waals surface area contributed by atoms with Gasteiger partial charge in [-0.25, -0.2) is 0 Å². The number of nitrogens with two attached hydrogens (primary N) is 1. The lowest BCUT2D eigenvalue weighted by atomic mass is 9.96. The molecule has 3 heteroatoms. The molecule has 0 aliphatic carbocycles. The quantitative estimate of drug-likeness (QED) is 0.665. The molecule has 1 rings (SSSR count). The second kappa shape index (κ2) is 2.75. The van der Waals surface area contributed by atoms with E-state index in [0.29, 0.717) is 5.56 Å². The Bertz CT molecular complexity index is 294. The van der Waals surface area contributed by atoms with Gasteiger partial charge in [-0.2, -0.15) is 0 Å². The monoisotopic (exact) mass is 166 g/mol. The molecule has 12 heavy (non-hydrogen) atoms. The number of rotatable bonds is 2. The average Bonchev–Trinajstić information content (AvgIpc) is 2.32. The fourth-order valence-corrected chi connectivity index (χ4v) is 1.01. The third-order valence-electron chi connectivity index (χ3n) is 1.68. The lowest BCUT2D eigenvalue weighted by Gasteiger charge is -2.15. The molecule has 0 unspecified atom stereocenters. The molecule has 0 aromatic carbocycles. The molecule has 3 nitrogen and oxygen atoms in total. The number of hydrogen-bond donors (Lipinski definition) is 1. The highest BCUT2D eigenvalue weighted by molar-refractivity contribution is 6.02. The van der Waals surface area contributed by atoms with Crippen LogP contribution in [0.2, 0.25) is 0 Å². The highest BCUT2D eigenvalue weighted by Crippen LogP contribution is 2.09. The van der Waals surface area contributed by atoms with Crippen molar-refractivity contribution in [3.63, 3.8) is 0 Å². The van der Waals surface area contributed by atoms with E-state index in [-0.39, 0.29) is 5.78 Å². The lowest BCUT2D eigenvalue weighted by molar-refractivity contribution is 0.0913. The summed E-state index contributed by atoms with van der Waals surface area (Å²) in [5.41, 5.74) is 5.56. The zero-order chi connectivity index (χ0) is 9.35. The number of hydrogen-bond acceptors (Lipinski definition) is 2. The minimum atomic E-state index is -0.776. The zero-order valence-electron chi connectivity index (χ0n) is 7.66. The summed E-state index contributed by atoms with van der Waals surface area (Å²) >= 11 is 0. The van der Waals surface area contributed by atoms with Crippen LogP contribution in [-0.2, 0) is 7.05 Å². The molecule has 1 aromatic rings. The Hall–Kier alpha value is -1.09. The van der Waals surface area contributed by atoms with Crippen molar-refractivity contribution in [3.8, 4) is 0 Å². The van der Waals surface area contributed by atoms with Crippen LogP contribution in [0.4, 0.5) is 0 Å². The predicted molar refractivity (Wildman–Crippen MR) is 48.0 cm³/mol. The summed E-state index contributed by atoms with van der Waals surface area (Å²) in [7, 11) is 1.88. The third-order valence-corrected chi connectivity index (χ3v) is 1.68. The minimum absolute atomic E-state index is 0.0249. The number of aromatic nitrogens is 1. The average molecular weight is 166 g/mol. The van der Waals surface area contributed by atoms with Crippen molar-refractivity contribution >= 4 is 5.78 Å². The zero-order valence-corrected chi connectivity index (χ0v) is 7.66. The van der Waals surface area contributed by atoms with Crippen molar-refractivity contribution in [3.05, 3.63) is 24.0 Å². The van der Waals surface area contributed by atoms with Gasteiger partial charge in [-0.05, 0) is 19.9 Å². The van der Waals surface area contributed by atoms with Crippen LogP contribution in [-0.4, -0.2) is 15.9 Å². The molecule has 0 radical (unpaired) electrons. The molecule has 1 heterocycles. The van der Waals surface area contributed by atoms with Crippen molar-refractivity contribution in [1.82, 2.24) is 4.57 Å². The van der Waals surface area contributed by atoms with Crippen molar-refractivity contribution in [2.24, 2.45) is 12.8 Å². The molecule has 0 saturated heterocycles. The molecule has 2 N–H and O–H groups in total. The summed E-state index contributed by atoms with van der Waals surface area (Å²) in [6.07, 6.45) is 3.61. The first-order chi connectivity index (χ1) is 5.41. The maximum Gasteiger partial charge on any atom is 0.183 e. The topological polar surface area (TPSA) is 48.0 Å². The Balaban J connectivity index is 2.93. The maximum atomic E-state index is 11.5. The van der Waals surface area contributed by atoms with E-state index in [9.17, 15) is 4.79 Å². The summed E-state index contributed by atoms with van der Waals surface area (Å²) in [4.78, 5) is 11.5. The molecule has 0 saturated carbocycles. The van der Waals surface area contributed by atoms with E-state index in [1.165, 1.54) is 0 Å². The summed E-state index contributed by atoms with van der Waals surface area (Å²) in [6.45, 7) is 3.42. The van der Waals surface area contributed by atoms with Crippen LogP contribution in [0.25, 0.3) is 0 Å². The first-order valence-corrected chi connectivity index (χ1v) is 3.87. The van der Waals surface area contributed by atoms with E-state index >= 15 is 0 Å². The molecule has 0 atom stereocenters. The standard InChI is InChI=1S/C9H14N2O/c1-9(2,10)8(12)7-4-5-11(3)6-7/h4-6H,10H2,1-3H3. The lowest BCUT2D eigenvalue weighted by Crippen LogP contribution is -2.41. The molecule has 0 fully saturated rings. The second-order valence-electron chi connectivity index (χ2n) is 3.62. The van der Waals surface area contributed by atoms with Gasteiger partial charge in [0.05, 0.1) is 5.54 Å². The summed E-state index contributed by atoms with van der Waals surface area (Å²) in [5.74, 6) is -0.0249. The van der Waals surface area contributed by atoms with Crippen LogP contribution in [0, 0.1) is 0 Å².